The minimum absolute atomic E-state index is 0.789. The summed E-state index contributed by atoms with van der Waals surface area (Å²) in [5, 5.41) is 0. The Morgan fingerprint density at radius 2 is 1.21 bits per heavy atom. The minimum Gasteiger partial charge on any atom is -0.0654 e. The van der Waals surface area contributed by atoms with Crippen molar-refractivity contribution >= 4 is 0 Å². The van der Waals surface area contributed by atoms with Crippen LogP contribution in [0.15, 0.2) is 48.5 Å². The Labute approximate surface area is 180 Å². The summed E-state index contributed by atoms with van der Waals surface area (Å²) in [6, 6.07) is 18.8. The van der Waals surface area contributed by atoms with E-state index < -0.39 is 0 Å². The first-order chi connectivity index (χ1) is 14.3. The number of aryl methyl sites for hydroxylation is 1. The molecule has 0 radical (unpaired) electrons. The second-order valence-corrected chi connectivity index (χ2v) is 9.34. The van der Waals surface area contributed by atoms with Gasteiger partial charge in [0.15, 0.2) is 0 Å². The van der Waals surface area contributed by atoms with Crippen molar-refractivity contribution in [1.82, 2.24) is 0 Å². The monoisotopic (exact) mass is 390 g/mol. The lowest BCUT2D eigenvalue weighted by Gasteiger charge is -2.28. The summed E-state index contributed by atoms with van der Waals surface area (Å²) >= 11 is 0. The van der Waals surface area contributed by atoms with Gasteiger partial charge in [0.1, 0.15) is 0 Å². The molecule has 3 rings (SSSR count). The zero-order valence-corrected chi connectivity index (χ0v) is 19.0. The number of unbranched alkanes of at least 4 members (excludes halogenated alkanes) is 5. The van der Waals surface area contributed by atoms with Gasteiger partial charge in [-0.15, -0.1) is 0 Å². The molecule has 0 atom stereocenters. The molecule has 0 spiro atoms. The van der Waals surface area contributed by atoms with Gasteiger partial charge in [-0.05, 0) is 72.6 Å². The molecule has 1 aliphatic carbocycles. The molecule has 0 unspecified atom stereocenters. The zero-order valence-electron chi connectivity index (χ0n) is 19.0. The molecule has 0 N–H and O–H groups in total. The normalized spacial score (nSPS) is 19.4. The largest absolute Gasteiger partial charge is 0.0654 e. The molecule has 0 heteroatoms. The van der Waals surface area contributed by atoms with Crippen LogP contribution in [0.5, 0.6) is 0 Å². The van der Waals surface area contributed by atoms with Crippen molar-refractivity contribution in [3.8, 4) is 11.1 Å². The van der Waals surface area contributed by atoms with Crippen LogP contribution in [0, 0.1) is 5.92 Å². The lowest BCUT2D eigenvalue weighted by atomic mass is 9.77. The van der Waals surface area contributed by atoms with Crippen LogP contribution in [-0.2, 0) is 6.42 Å². The van der Waals surface area contributed by atoms with Gasteiger partial charge in [-0.1, -0.05) is 107 Å². The maximum Gasteiger partial charge on any atom is -0.0162 e. The highest BCUT2D eigenvalue weighted by atomic mass is 14.3. The molecule has 0 aromatic heterocycles. The topological polar surface area (TPSA) is 0 Å². The Kier molecular flexibility index (Phi) is 9.32. The summed E-state index contributed by atoms with van der Waals surface area (Å²) in [5.74, 6) is 1.78. The summed E-state index contributed by atoms with van der Waals surface area (Å²) in [6.07, 6.45) is 17.9. The van der Waals surface area contributed by atoms with E-state index in [2.05, 4.69) is 62.4 Å². The maximum absolute atomic E-state index is 2.39. The summed E-state index contributed by atoms with van der Waals surface area (Å²) in [6.45, 7) is 4.61. The summed E-state index contributed by atoms with van der Waals surface area (Å²) in [7, 11) is 0. The molecule has 2 aromatic carbocycles. The molecule has 0 heterocycles. The fourth-order valence-corrected chi connectivity index (χ4v) is 5.11. The van der Waals surface area contributed by atoms with Crippen molar-refractivity contribution in [2.24, 2.45) is 5.92 Å². The van der Waals surface area contributed by atoms with E-state index in [1.54, 1.807) is 5.56 Å². The van der Waals surface area contributed by atoms with Crippen LogP contribution >= 0.6 is 0 Å². The van der Waals surface area contributed by atoms with Gasteiger partial charge in [0.25, 0.3) is 0 Å². The smallest absolute Gasteiger partial charge is 0.0162 e. The van der Waals surface area contributed by atoms with E-state index in [0.717, 1.165) is 11.8 Å². The molecule has 0 amide bonds. The molecule has 0 bridgehead atoms. The number of benzene rings is 2. The fraction of sp³-hybridized carbons (Fsp3) is 0.586. The highest BCUT2D eigenvalue weighted by Crippen LogP contribution is 2.38. The van der Waals surface area contributed by atoms with Crippen molar-refractivity contribution in [2.45, 2.75) is 103 Å². The van der Waals surface area contributed by atoms with Crippen LogP contribution in [0.25, 0.3) is 11.1 Å². The van der Waals surface area contributed by atoms with Crippen LogP contribution in [0.1, 0.15) is 108 Å². The first-order valence-electron chi connectivity index (χ1n) is 12.5. The van der Waals surface area contributed by atoms with E-state index >= 15 is 0 Å². The highest BCUT2D eigenvalue weighted by Gasteiger charge is 2.21. The van der Waals surface area contributed by atoms with Crippen molar-refractivity contribution < 1.29 is 0 Å². The molecule has 158 valence electrons. The van der Waals surface area contributed by atoms with Crippen LogP contribution < -0.4 is 0 Å². The van der Waals surface area contributed by atoms with Gasteiger partial charge in [0.2, 0.25) is 0 Å². The van der Waals surface area contributed by atoms with Crippen molar-refractivity contribution in [1.29, 1.82) is 0 Å². The standard InChI is InChI=1S/C29H42/c1-3-5-6-7-8-9-11-25-14-18-27(19-15-25)29-22-20-28(21-23-29)26-16-12-24(10-4-2)13-17-26/h14-15,18-24,26H,3-13,16-17H2,1-2H3. The van der Waals surface area contributed by atoms with E-state index in [0.29, 0.717) is 0 Å². The van der Waals surface area contributed by atoms with E-state index in [1.807, 2.05) is 0 Å². The van der Waals surface area contributed by atoms with Gasteiger partial charge >= 0.3 is 0 Å². The third-order valence-electron chi connectivity index (χ3n) is 7.03. The second kappa shape index (κ2) is 12.2. The Hall–Kier alpha value is -1.56. The van der Waals surface area contributed by atoms with Crippen LogP contribution in [0.3, 0.4) is 0 Å². The van der Waals surface area contributed by atoms with Gasteiger partial charge in [-0.25, -0.2) is 0 Å². The SMILES string of the molecule is CCCCCCCCc1ccc(-c2ccc(C3CCC(CCC)CC3)cc2)cc1. The molecule has 29 heavy (non-hydrogen) atoms. The molecule has 1 fully saturated rings. The van der Waals surface area contributed by atoms with Gasteiger partial charge in [-0.3, -0.25) is 0 Å². The Morgan fingerprint density at radius 1 is 0.621 bits per heavy atom. The van der Waals surface area contributed by atoms with Crippen molar-refractivity contribution in [3.05, 3.63) is 59.7 Å². The second-order valence-electron chi connectivity index (χ2n) is 9.34. The molecule has 0 nitrogen and oxygen atoms in total. The number of hydrogen-bond donors (Lipinski definition) is 0. The molecule has 0 aliphatic heterocycles. The molecule has 0 saturated heterocycles. The lowest BCUT2D eigenvalue weighted by Crippen LogP contribution is -2.13. The summed E-state index contributed by atoms with van der Waals surface area (Å²) < 4.78 is 0. The Bertz CT molecular complexity index is 671. The van der Waals surface area contributed by atoms with E-state index in [-0.39, 0.29) is 0 Å². The number of rotatable bonds is 11. The molecular weight excluding hydrogens is 348 g/mol. The van der Waals surface area contributed by atoms with E-state index in [1.165, 1.54) is 100 Å². The predicted octanol–water partition coefficient (Wildman–Crippen LogP) is 9.33. The molecule has 1 saturated carbocycles. The minimum atomic E-state index is 0.789. The average molecular weight is 391 g/mol. The Morgan fingerprint density at radius 3 is 1.83 bits per heavy atom. The quantitative estimate of drug-likeness (QED) is 0.335. The third kappa shape index (κ3) is 7.02. The number of hydrogen-bond acceptors (Lipinski definition) is 0. The Balaban J connectivity index is 1.47. The van der Waals surface area contributed by atoms with Gasteiger partial charge in [-0.2, -0.15) is 0 Å². The van der Waals surface area contributed by atoms with Crippen molar-refractivity contribution in [3.63, 3.8) is 0 Å². The zero-order chi connectivity index (χ0) is 20.3. The summed E-state index contributed by atoms with van der Waals surface area (Å²) in [5.41, 5.74) is 5.77. The first kappa shape index (κ1) is 22.1. The maximum atomic E-state index is 2.39. The van der Waals surface area contributed by atoms with Gasteiger partial charge in [0, 0.05) is 0 Å². The van der Waals surface area contributed by atoms with Crippen molar-refractivity contribution in [2.75, 3.05) is 0 Å². The third-order valence-corrected chi connectivity index (χ3v) is 7.03. The molecule has 2 aromatic rings. The molecule has 1 aliphatic rings. The fourth-order valence-electron chi connectivity index (χ4n) is 5.11. The van der Waals surface area contributed by atoms with Gasteiger partial charge < -0.3 is 0 Å². The van der Waals surface area contributed by atoms with Crippen LogP contribution in [-0.4, -0.2) is 0 Å². The lowest BCUT2D eigenvalue weighted by molar-refractivity contribution is 0.308. The van der Waals surface area contributed by atoms with Crippen LogP contribution in [0.4, 0.5) is 0 Å². The molecular formula is C29H42. The van der Waals surface area contributed by atoms with Crippen LogP contribution in [0.2, 0.25) is 0 Å². The predicted molar refractivity (Wildman–Crippen MR) is 129 cm³/mol. The average Bonchev–Trinajstić information content (AvgIpc) is 2.78. The highest BCUT2D eigenvalue weighted by molar-refractivity contribution is 5.64. The first-order valence-corrected chi connectivity index (χ1v) is 12.5. The van der Waals surface area contributed by atoms with E-state index in [9.17, 15) is 0 Å². The summed E-state index contributed by atoms with van der Waals surface area (Å²) in [4.78, 5) is 0. The van der Waals surface area contributed by atoms with E-state index in [4.69, 9.17) is 0 Å². The van der Waals surface area contributed by atoms with Gasteiger partial charge in [0.05, 0.1) is 0 Å².